The van der Waals surface area contributed by atoms with Crippen LogP contribution < -0.4 is 11.1 Å². The third-order valence-corrected chi connectivity index (χ3v) is 2.75. The van der Waals surface area contributed by atoms with Crippen molar-refractivity contribution in [3.63, 3.8) is 0 Å². The van der Waals surface area contributed by atoms with Gasteiger partial charge >= 0.3 is 0 Å². The molecule has 2 aromatic rings. The summed E-state index contributed by atoms with van der Waals surface area (Å²) in [5.41, 5.74) is 9.10. The third kappa shape index (κ3) is 3.74. The molecule has 0 saturated heterocycles. The SMILES string of the molecule is COCc1cccc(Nc2ccc(C(N)=S)nc2)c1. The first-order valence-corrected chi connectivity index (χ1v) is 6.20. The molecule has 0 radical (unpaired) electrons. The predicted octanol–water partition coefficient (Wildman–Crippen LogP) is 2.61. The molecule has 0 atom stereocenters. The maximum atomic E-state index is 5.50. The van der Waals surface area contributed by atoms with Crippen LogP contribution in [0.2, 0.25) is 0 Å². The van der Waals surface area contributed by atoms with Crippen molar-refractivity contribution < 1.29 is 4.74 Å². The second-order valence-corrected chi connectivity index (χ2v) is 4.49. The van der Waals surface area contributed by atoms with E-state index in [4.69, 9.17) is 22.7 Å². The lowest BCUT2D eigenvalue weighted by atomic mass is 10.2. The Morgan fingerprint density at radius 2 is 2.16 bits per heavy atom. The molecule has 0 aliphatic carbocycles. The number of aromatic nitrogens is 1. The molecule has 0 spiro atoms. The van der Waals surface area contributed by atoms with E-state index in [1.165, 1.54) is 0 Å². The number of anilines is 2. The molecular formula is C14H15N3OS. The van der Waals surface area contributed by atoms with Crippen molar-refractivity contribution in [2.75, 3.05) is 12.4 Å². The predicted molar refractivity (Wildman–Crippen MR) is 80.6 cm³/mol. The van der Waals surface area contributed by atoms with E-state index in [0.29, 0.717) is 17.3 Å². The number of nitrogens with two attached hydrogens (primary N) is 1. The maximum absolute atomic E-state index is 5.50. The molecule has 0 bridgehead atoms. The minimum absolute atomic E-state index is 0.300. The van der Waals surface area contributed by atoms with E-state index < -0.39 is 0 Å². The molecule has 0 amide bonds. The van der Waals surface area contributed by atoms with Crippen LogP contribution in [0.4, 0.5) is 11.4 Å². The zero-order chi connectivity index (χ0) is 13.7. The highest BCUT2D eigenvalue weighted by atomic mass is 32.1. The van der Waals surface area contributed by atoms with Gasteiger partial charge in [-0.25, -0.2) is 0 Å². The van der Waals surface area contributed by atoms with Gasteiger partial charge in [0.15, 0.2) is 0 Å². The molecule has 2 rings (SSSR count). The second kappa shape index (κ2) is 6.26. The Hall–Kier alpha value is -1.98. The third-order valence-electron chi connectivity index (χ3n) is 2.54. The van der Waals surface area contributed by atoms with Gasteiger partial charge in [-0.05, 0) is 29.8 Å². The average Bonchev–Trinajstić information content (AvgIpc) is 2.40. The molecule has 0 aliphatic rings. The monoisotopic (exact) mass is 273 g/mol. The first kappa shape index (κ1) is 13.5. The van der Waals surface area contributed by atoms with E-state index in [1.54, 1.807) is 19.4 Å². The smallest absolute Gasteiger partial charge is 0.122 e. The van der Waals surface area contributed by atoms with E-state index in [0.717, 1.165) is 16.9 Å². The normalized spacial score (nSPS) is 10.2. The molecule has 0 aliphatic heterocycles. The summed E-state index contributed by atoms with van der Waals surface area (Å²) < 4.78 is 5.11. The molecule has 98 valence electrons. The molecule has 5 heteroatoms. The summed E-state index contributed by atoms with van der Waals surface area (Å²) in [7, 11) is 1.68. The number of nitrogens with one attached hydrogen (secondary N) is 1. The maximum Gasteiger partial charge on any atom is 0.122 e. The lowest BCUT2D eigenvalue weighted by molar-refractivity contribution is 0.185. The Morgan fingerprint density at radius 3 is 2.79 bits per heavy atom. The van der Waals surface area contributed by atoms with Crippen molar-refractivity contribution in [2.45, 2.75) is 6.61 Å². The van der Waals surface area contributed by atoms with Gasteiger partial charge < -0.3 is 15.8 Å². The Kier molecular flexibility index (Phi) is 4.43. The lowest BCUT2D eigenvalue weighted by Gasteiger charge is -2.08. The number of benzene rings is 1. The number of rotatable bonds is 5. The van der Waals surface area contributed by atoms with E-state index in [2.05, 4.69) is 10.3 Å². The van der Waals surface area contributed by atoms with Crippen LogP contribution in [0.15, 0.2) is 42.6 Å². The molecule has 1 aromatic carbocycles. The Morgan fingerprint density at radius 1 is 1.32 bits per heavy atom. The average molecular weight is 273 g/mol. The van der Waals surface area contributed by atoms with E-state index in [9.17, 15) is 0 Å². The largest absolute Gasteiger partial charge is 0.388 e. The Labute approximate surface area is 117 Å². The number of ether oxygens (including phenoxy) is 1. The number of hydrogen-bond acceptors (Lipinski definition) is 4. The van der Waals surface area contributed by atoms with Crippen LogP contribution in [-0.4, -0.2) is 17.1 Å². The van der Waals surface area contributed by atoms with Crippen molar-refractivity contribution in [3.8, 4) is 0 Å². The summed E-state index contributed by atoms with van der Waals surface area (Å²) in [5, 5.41) is 3.27. The molecule has 4 nitrogen and oxygen atoms in total. The van der Waals surface area contributed by atoms with Gasteiger partial charge in [0.05, 0.1) is 24.2 Å². The number of pyridine rings is 1. The van der Waals surface area contributed by atoms with Crippen LogP contribution in [0.1, 0.15) is 11.3 Å². The molecular weight excluding hydrogens is 258 g/mol. The highest BCUT2D eigenvalue weighted by Gasteiger charge is 2.00. The van der Waals surface area contributed by atoms with Crippen LogP contribution in [0, 0.1) is 0 Å². The first-order valence-electron chi connectivity index (χ1n) is 5.80. The highest BCUT2D eigenvalue weighted by Crippen LogP contribution is 2.17. The van der Waals surface area contributed by atoms with Crippen LogP contribution in [-0.2, 0) is 11.3 Å². The Bertz CT molecular complexity index is 569. The Balaban J connectivity index is 2.12. The number of thiocarbonyl (C=S) groups is 1. The minimum Gasteiger partial charge on any atom is -0.388 e. The lowest BCUT2D eigenvalue weighted by Crippen LogP contribution is -2.11. The molecule has 1 heterocycles. The molecule has 19 heavy (non-hydrogen) atoms. The quantitative estimate of drug-likeness (QED) is 0.820. The van der Waals surface area contributed by atoms with Gasteiger partial charge in [0, 0.05) is 12.8 Å². The standard InChI is InChI=1S/C14H15N3OS/c1-18-9-10-3-2-4-11(7-10)17-12-5-6-13(14(15)19)16-8-12/h2-8,17H,9H2,1H3,(H2,15,19). The fourth-order valence-electron chi connectivity index (χ4n) is 1.69. The van der Waals surface area contributed by atoms with Crippen LogP contribution in [0.25, 0.3) is 0 Å². The van der Waals surface area contributed by atoms with Crippen molar-refractivity contribution in [1.29, 1.82) is 0 Å². The van der Waals surface area contributed by atoms with Crippen molar-refractivity contribution in [3.05, 3.63) is 53.9 Å². The summed E-state index contributed by atoms with van der Waals surface area (Å²) >= 11 is 4.86. The highest BCUT2D eigenvalue weighted by molar-refractivity contribution is 7.80. The number of methoxy groups -OCH3 is 1. The minimum atomic E-state index is 0.300. The van der Waals surface area contributed by atoms with Gasteiger partial charge in [-0.1, -0.05) is 24.4 Å². The summed E-state index contributed by atoms with van der Waals surface area (Å²) in [5.74, 6) is 0. The molecule has 3 N–H and O–H groups in total. The molecule has 1 aromatic heterocycles. The van der Waals surface area contributed by atoms with Gasteiger partial charge in [0.25, 0.3) is 0 Å². The zero-order valence-corrected chi connectivity index (χ0v) is 11.4. The van der Waals surface area contributed by atoms with E-state index >= 15 is 0 Å². The van der Waals surface area contributed by atoms with Gasteiger partial charge in [0.2, 0.25) is 0 Å². The van der Waals surface area contributed by atoms with Crippen molar-refractivity contribution in [2.24, 2.45) is 5.73 Å². The summed E-state index contributed by atoms with van der Waals surface area (Å²) in [4.78, 5) is 4.48. The molecule has 0 saturated carbocycles. The molecule has 0 fully saturated rings. The van der Waals surface area contributed by atoms with E-state index in [1.807, 2.05) is 30.3 Å². The molecule has 0 unspecified atom stereocenters. The second-order valence-electron chi connectivity index (χ2n) is 4.05. The summed E-state index contributed by atoms with van der Waals surface area (Å²) in [6.07, 6.45) is 1.71. The van der Waals surface area contributed by atoms with E-state index in [-0.39, 0.29) is 0 Å². The van der Waals surface area contributed by atoms with Crippen molar-refractivity contribution >= 4 is 28.6 Å². The summed E-state index contributed by atoms with van der Waals surface area (Å²) in [6.45, 7) is 0.591. The number of hydrogen-bond donors (Lipinski definition) is 2. The van der Waals surface area contributed by atoms with Gasteiger partial charge in [-0.3, -0.25) is 4.98 Å². The zero-order valence-electron chi connectivity index (χ0n) is 10.6. The van der Waals surface area contributed by atoms with Gasteiger partial charge in [-0.2, -0.15) is 0 Å². The fourth-order valence-corrected chi connectivity index (χ4v) is 1.81. The summed E-state index contributed by atoms with van der Waals surface area (Å²) in [6, 6.07) is 11.7. The van der Waals surface area contributed by atoms with Crippen LogP contribution in [0.3, 0.4) is 0 Å². The van der Waals surface area contributed by atoms with Crippen molar-refractivity contribution in [1.82, 2.24) is 4.98 Å². The van der Waals surface area contributed by atoms with Crippen LogP contribution in [0.5, 0.6) is 0 Å². The topological polar surface area (TPSA) is 60.2 Å². The fraction of sp³-hybridized carbons (Fsp3) is 0.143. The van der Waals surface area contributed by atoms with Gasteiger partial charge in [0.1, 0.15) is 4.99 Å². The number of nitrogens with zero attached hydrogens (tertiary/aromatic N) is 1. The first-order chi connectivity index (χ1) is 9.19. The van der Waals surface area contributed by atoms with Gasteiger partial charge in [-0.15, -0.1) is 0 Å². The van der Waals surface area contributed by atoms with Crippen LogP contribution >= 0.6 is 12.2 Å².